The quantitative estimate of drug-likeness (QED) is 0.252. The van der Waals surface area contributed by atoms with Crippen LogP contribution in [0.25, 0.3) is 17.3 Å². The van der Waals surface area contributed by atoms with Gasteiger partial charge in [-0.1, -0.05) is 0 Å². The number of unbranched alkanes of at least 4 members (excludes halogenated alkanes) is 2. The van der Waals surface area contributed by atoms with Crippen LogP contribution < -0.4 is 0 Å². The molecule has 0 radical (unpaired) electrons. The SMILES string of the molecule is CN(/C=C\c1cc(-c2cnc(C(F)F)cn2)c(F)cc1C=O)CCCCCOC(F)F. The number of alkyl halides is 4. The lowest BCUT2D eigenvalue weighted by Crippen LogP contribution is -2.12. The van der Waals surface area contributed by atoms with E-state index in [0.717, 1.165) is 24.9 Å². The molecule has 1 aromatic heterocycles. The molecule has 0 saturated heterocycles. The third-order valence-corrected chi connectivity index (χ3v) is 4.38. The molecular formula is C21H22F5N3O2. The van der Waals surface area contributed by atoms with Crippen molar-refractivity contribution < 1.29 is 31.5 Å². The maximum atomic E-state index is 14.4. The molecule has 0 fully saturated rings. The molecular weight excluding hydrogens is 421 g/mol. The first-order valence-corrected chi connectivity index (χ1v) is 9.49. The zero-order valence-corrected chi connectivity index (χ0v) is 16.8. The van der Waals surface area contributed by atoms with E-state index in [2.05, 4.69) is 14.7 Å². The molecule has 0 aliphatic rings. The van der Waals surface area contributed by atoms with E-state index in [1.807, 2.05) is 4.90 Å². The Bertz CT molecular complexity index is 876. The predicted molar refractivity (Wildman–Crippen MR) is 105 cm³/mol. The summed E-state index contributed by atoms with van der Waals surface area (Å²) in [7, 11) is 1.80. The number of hydrogen-bond acceptors (Lipinski definition) is 5. The van der Waals surface area contributed by atoms with Gasteiger partial charge in [-0.2, -0.15) is 8.78 Å². The first-order valence-electron chi connectivity index (χ1n) is 9.49. The molecule has 0 N–H and O–H groups in total. The average molecular weight is 443 g/mol. The number of ether oxygens (including phenoxy) is 1. The third-order valence-electron chi connectivity index (χ3n) is 4.38. The van der Waals surface area contributed by atoms with Crippen LogP contribution in [-0.4, -0.2) is 48.0 Å². The maximum Gasteiger partial charge on any atom is 0.345 e. The molecule has 0 amide bonds. The molecule has 168 valence electrons. The number of rotatable bonds is 12. The van der Waals surface area contributed by atoms with E-state index in [9.17, 15) is 26.7 Å². The van der Waals surface area contributed by atoms with Crippen LogP contribution in [0.3, 0.4) is 0 Å². The Morgan fingerprint density at radius 3 is 2.45 bits per heavy atom. The lowest BCUT2D eigenvalue weighted by molar-refractivity contribution is -0.129. The fourth-order valence-corrected chi connectivity index (χ4v) is 2.73. The Balaban J connectivity index is 2.06. The highest BCUT2D eigenvalue weighted by Crippen LogP contribution is 2.26. The van der Waals surface area contributed by atoms with Gasteiger partial charge in [0, 0.05) is 24.7 Å². The molecule has 1 aromatic carbocycles. The number of halogens is 5. The lowest BCUT2D eigenvalue weighted by atomic mass is 10.0. The van der Waals surface area contributed by atoms with E-state index < -0.39 is 24.5 Å². The molecule has 0 unspecified atom stereocenters. The summed E-state index contributed by atoms with van der Waals surface area (Å²) >= 11 is 0. The van der Waals surface area contributed by atoms with E-state index in [1.54, 1.807) is 19.3 Å². The van der Waals surface area contributed by atoms with E-state index >= 15 is 0 Å². The molecule has 0 aliphatic heterocycles. The first kappa shape index (κ1) is 24.4. The summed E-state index contributed by atoms with van der Waals surface area (Å²) in [5.41, 5.74) is 0.111. The number of nitrogens with zero attached hydrogens (tertiary/aromatic N) is 3. The number of carbonyl (C=O) groups is 1. The van der Waals surface area contributed by atoms with Gasteiger partial charge in [-0.25, -0.2) is 13.2 Å². The second-order valence-electron chi connectivity index (χ2n) is 6.69. The van der Waals surface area contributed by atoms with Gasteiger partial charge in [0.15, 0.2) is 6.29 Å². The molecule has 0 bridgehead atoms. The van der Waals surface area contributed by atoms with Gasteiger partial charge in [0.1, 0.15) is 11.5 Å². The monoisotopic (exact) mass is 443 g/mol. The van der Waals surface area contributed by atoms with Gasteiger partial charge in [-0.3, -0.25) is 14.8 Å². The lowest BCUT2D eigenvalue weighted by Gasteiger charge is -2.14. The van der Waals surface area contributed by atoms with Crippen molar-refractivity contribution in [3.63, 3.8) is 0 Å². The minimum atomic E-state index is -2.78. The van der Waals surface area contributed by atoms with E-state index in [4.69, 9.17) is 0 Å². The topological polar surface area (TPSA) is 55.3 Å². The number of hydrogen-bond donors (Lipinski definition) is 0. The van der Waals surface area contributed by atoms with E-state index in [0.29, 0.717) is 31.2 Å². The first-order chi connectivity index (χ1) is 14.8. The predicted octanol–water partition coefficient (Wildman–Crippen LogP) is 5.34. The van der Waals surface area contributed by atoms with E-state index in [-0.39, 0.29) is 23.4 Å². The Kier molecular flexibility index (Phi) is 9.51. The summed E-state index contributed by atoms with van der Waals surface area (Å²) < 4.78 is 67.6. The minimum Gasteiger partial charge on any atom is -0.380 e. The largest absolute Gasteiger partial charge is 0.380 e. The van der Waals surface area contributed by atoms with Gasteiger partial charge in [-0.05, 0) is 49.2 Å². The van der Waals surface area contributed by atoms with Crippen molar-refractivity contribution in [1.29, 1.82) is 0 Å². The summed E-state index contributed by atoms with van der Waals surface area (Å²) in [6.45, 7) is -2.12. The van der Waals surface area contributed by atoms with Gasteiger partial charge >= 0.3 is 6.61 Å². The summed E-state index contributed by atoms with van der Waals surface area (Å²) in [6.07, 6.45) is 4.95. The van der Waals surface area contributed by atoms with Gasteiger partial charge < -0.3 is 9.64 Å². The molecule has 0 aliphatic carbocycles. The highest BCUT2D eigenvalue weighted by Gasteiger charge is 2.14. The van der Waals surface area contributed by atoms with Crippen LogP contribution in [0, 0.1) is 5.82 Å². The number of aromatic nitrogens is 2. The molecule has 0 spiro atoms. The summed E-state index contributed by atoms with van der Waals surface area (Å²) in [6, 6.07) is 2.45. The van der Waals surface area contributed by atoms with Crippen molar-refractivity contribution in [1.82, 2.24) is 14.9 Å². The molecule has 0 saturated carbocycles. The van der Waals surface area contributed by atoms with Crippen molar-refractivity contribution in [3.05, 3.63) is 53.4 Å². The smallest absolute Gasteiger partial charge is 0.345 e. The van der Waals surface area contributed by atoms with Crippen LogP contribution in [-0.2, 0) is 4.74 Å². The van der Waals surface area contributed by atoms with Gasteiger partial charge in [0.25, 0.3) is 6.43 Å². The standard InChI is InChI=1S/C21H22F5N3O2/c1-29(6-3-2-4-8-31-21(25)26)7-5-14-9-16(17(22)10-15(14)13-30)18-11-28-19(12-27-18)20(23)24/h5,7,9-13,20-21H,2-4,6,8H2,1H3/b7-5-. The molecule has 2 rings (SSSR count). The van der Waals surface area contributed by atoms with Crippen molar-refractivity contribution in [2.24, 2.45) is 0 Å². The molecule has 0 atom stereocenters. The zero-order valence-electron chi connectivity index (χ0n) is 16.8. The third kappa shape index (κ3) is 7.71. The van der Waals surface area contributed by atoms with Crippen molar-refractivity contribution >= 4 is 12.4 Å². The molecule has 31 heavy (non-hydrogen) atoms. The Hall–Kier alpha value is -2.88. The van der Waals surface area contributed by atoms with Crippen molar-refractivity contribution in [2.75, 3.05) is 20.2 Å². The van der Waals surface area contributed by atoms with Crippen molar-refractivity contribution in [2.45, 2.75) is 32.3 Å². The van der Waals surface area contributed by atoms with Gasteiger partial charge in [0.2, 0.25) is 0 Å². The van der Waals surface area contributed by atoms with Crippen LogP contribution in [0.5, 0.6) is 0 Å². The van der Waals surface area contributed by atoms with Gasteiger partial charge in [0.05, 0.1) is 24.7 Å². The number of aldehydes is 1. The van der Waals surface area contributed by atoms with E-state index in [1.165, 1.54) is 6.07 Å². The fourth-order valence-electron chi connectivity index (χ4n) is 2.73. The van der Waals surface area contributed by atoms with Crippen LogP contribution in [0.2, 0.25) is 0 Å². The second-order valence-corrected chi connectivity index (χ2v) is 6.69. The number of carbonyl (C=O) groups excluding carboxylic acids is 1. The highest BCUT2D eigenvalue weighted by atomic mass is 19.3. The van der Waals surface area contributed by atoms with Crippen LogP contribution in [0.15, 0.2) is 30.7 Å². The second kappa shape index (κ2) is 12.1. The Morgan fingerprint density at radius 2 is 1.84 bits per heavy atom. The normalized spacial score (nSPS) is 11.6. The average Bonchev–Trinajstić information content (AvgIpc) is 2.74. The molecule has 2 aromatic rings. The fraction of sp³-hybridized carbons (Fsp3) is 0.381. The minimum absolute atomic E-state index is 0.000539. The van der Waals surface area contributed by atoms with Crippen LogP contribution in [0.4, 0.5) is 22.0 Å². The molecule has 5 nitrogen and oxygen atoms in total. The molecule has 10 heteroatoms. The summed E-state index contributed by atoms with van der Waals surface area (Å²) in [5, 5.41) is 0. The highest BCUT2D eigenvalue weighted by molar-refractivity contribution is 5.84. The summed E-state index contributed by atoms with van der Waals surface area (Å²) in [4.78, 5) is 20.6. The Labute approximate surface area is 176 Å². The zero-order chi connectivity index (χ0) is 22.8. The van der Waals surface area contributed by atoms with Gasteiger partial charge in [-0.15, -0.1) is 0 Å². The maximum absolute atomic E-state index is 14.4. The Morgan fingerprint density at radius 1 is 1.06 bits per heavy atom. The van der Waals surface area contributed by atoms with Crippen molar-refractivity contribution in [3.8, 4) is 11.3 Å². The molecule has 1 heterocycles. The van der Waals surface area contributed by atoms with Crippen LogP contribution >= 0.6 is 0 Å². The number of benzene rings is 1. The summed E-state index contributed by atoms with van der Waals surface area (Å²) in [5.74, 6) is -0.724. The van der Waals surface area contributed by atoms with Crippen LogP contribution in [0.1, 0.15) is 47.3 Å².